The Morgan fingerprint density at radius 3 is 2.80 bits per heavy atom. The third kappa shape index (κ3) is 3.72. The molecule has 1 aromatic rings. The summed E-state index contributed by atoms with van der Waals surface area (Å²) in [5.41, 5.74) is 0.0415. The Hall–Kier alpha value is -0.740. The third-order valence-electron chi connectivity index (χ3n) is 1.88. The maximum absolute atomic E-state index is 10.5. The zero-order valence-corrected chi connectivity index (χ0v) is 9.98. The van der Waals surface area contributed by atoms with Gasteiger partial charge in [0.1, 0.15) is 0 Å². The molecule has 0 aliphatic heterocycles. The molecular formula is C10H12ClNO2S. The van der Waals surface area contributed by atoms with E-state index in [2.05, 4.69) is 6.92 Å². The molecule has 0 aliphatic rings. The highest BCUT2D eigenvalue weighted by molar-refractivity contribution is 7.99. The fourth-order valence-electron chi connectivity index (χ4n) is 1.05. The molecule has 0 N–H and O–H groups in total. The number of unbranched alkanes of at least 4 members (excludes halogenated alkanes) is 1. The molecule has 1 aromatic carbocycles. The van der Waals surface area contributed by atoms with Gasteiger partial charge in [0.05, 0.1) is 9.95 Å². The SMILES string of the molecule is CCCCSc1ccc([N+](=O)[O-])cc1Cl. The highest BCUT2D eigenvalue weighted by atomic mass is 35.5. The second kappa shape index (κ2) is 5.98. The van der Waals surface area contributed by atoms with Crippen molar-refractivity contribution in [3.05, 3.63) is 33.3 Å². The number of thioether (sulfide) groups is 1. The summed E-state index contributed by atoms with van der Waals surface area (Å²) in [4.78, 5) is 10.9. The van der Waals surface area contributed by atoms with Gasteiger partial charge in [0.2, 0.25) is 0 Å². The van der Waals surface area contributed by atoms with Crippen LogP contribution in [0.25, 0.3) is 0 Å². The summed E-state index contributed by atoms with van der Waals surface area (Å²) in [6, 6.07) is 4.59. The van der Waals surface area contributed by atoms with Crippen LogP contribution in [0.5, 0.6) is 0 Å². The Bertz CT molecular complexity index is 357. The Balaban J connectivity index is 2.70. The largest absolute Gasteiger partial charge is 0.270 e. The van der Waals surface area contributed by atoms with Crippen LogP contribution < -0.4 is 0 Å². The molecule has 0 aliphatic carbocycles. The summed E-state index contributed by atoms with van der Waals surface area (Å²) in [6.45, 7) is 2.12. The van der Waals surface area contributed by atoms with Crippen molar-refractivity contribution in [1.82, 2.24) is 0 Å². The Kier molecular flexibility index (Phi) is 4.91. The predicted molar refractivity (Wildman–Crippen MR) is 63.7 cm³/mol. The molecule has 0 atom stereocenters. The average molecular weight is 246 g/mol. The van der Waals surface area contributed by atoms with E-state index in [1.54, 1.807) is 17.8 Å². The molecule has 0 fully saturated rings. The summed E-state index contributed by atoms with van der Waals surface area (Å²) in [7, 11) is 0. The van der Waals surface area contributed by atoms with Crippen LogP contribution in [0.3, 0.4) is 0 Å². The molecule has 0 heterocycles. The maximum atomic E-state index is 10.5. The van der Waals surface area contributed by atoms with Gasteiger partial charge in [-0.25, -0.2) is 0 Å². The summed E-state index contributed by atoms with van der Waals surface area (Å²) >= 11 is 7.56. The van der Waals surface area contributed by atoms with Crippen molar-refractivity contribution >= 4 is 29.1 Å². The van der Waals surface area contributed by atoms with Gasteiger partial charge >= 0.3 is 0 Å². The van der Waals surface area contributed by atoms with E-state index in [1.807, 2.05) is 0 Å². The lowest BCUT2D eigenvalue weighted by molar-refractivity contribution is -0.384. The minimum atomic E-state index is -0.438. The number of hydrogen-bond donors (Lipinski definition) is 0. The zero-order chi connectivity index (χ0) is 11.3. The number of halogens is 1. The molecule has 1 rings (SSSR count). The van der Waals surface area contributed by atoms with Crippen molar-refractivity contribution in [1.29, 1.82) is 0 Å². The van der Waals surface area contributed by atoms with E-state index in [0.717, 1.165) is 23.5 Å². The van der Waals surface area contributed by atoms with Crippen LogP contribution >= 0.6 is 23.4 Å². The molecule has 0 saturated heterocycles. The molecule has 0 unspecified atom stereocenters. The topological polar surface area (TPSA) is 43.1 Å². The molecule has 0 spiro atoms. The molecule has 5 heteroatoms. The highest BCUT2D eigenvalue weighted by Gasteiger charge is 2.09. The van der Waals surface area contributed by atoms with E-state index in [9.17, 15) is 10.1 Å². The van der Waals surface area contributed by atoms with Crippen LogP contribution in [0.4, 0.5) is 5.69 Å². The van der Waals surface area contributed by atoms with Gasteiger partial charge in [0.15, 0.2) is 0 Å². The van der Waals surface area contributed by atoms with Gasteiger partial charge < -0.3 is 0 Å². The van der Waals surface area contributed by atoms with Crippen molar-refractivity contribution in [3.8, 4) is 0 Å². The minimum absolute atomic E-state index is 0.0415. The summed E-state index contributed by atoms with van der Waals surface area (Å²) in [6.07, 6.45) is 2.26. The molecule has 0 radical (unpaired) electrons. The van der Waals surface area contributed by atoms with Gasteiger partial charge in [-0.05, 0) is 18.2 Å². The normalized spacial score (nSPS) is 10.3. The van der Waals surface area contributed by atoms with Crippen LogP contribution in [0, 0.1) is 10.1 Å². The van der Waals surface area contributed by atoms with E-state index < -0.39 is 4.92 Å². The molecule has 3 nitrogen and oxygen atoms in total. The van der Waals surface area contributed by atoms with E-state index in [0.29, 0.717) is 5.02 Å². The molecule has 15 heavy (non-hydrogen) atoms. The lowest BCUT2D eigenvalue weighted by atomic mass is 10.3. The van der Waals surface area contributed by atoms with Gasteiger partial charge in [-0.1, -0.05) is 24.9 Å². The standard InChI is InChI=1S/C10H12ClNO2S/c1-2-3-6-15-10-5-4-8(12(13)14)7-9(10)11/h4-5,7H,2-3,6H2,1H3. The van der Waals surface area contributed by atoms with Crippen molar-refractivity contribution in [2.75, 3.05) is 5.75 Å². The number of nitro benzene ring substituents is 1. The van der Waals surface area contributed by atoms with Gasteiger partial charge in [-0.15, -0.1) is 11.8 Å². The lowest BCUT2D eigenvalue weighted by Gasteiger charge is -2.02. The van der Waals surface area contributed by atoms with Crippen molar-refractivity contribution in [3.63, 3.8) is 0 Å². The zero-order valence-electron chi connectivity index (χ0n) is 8.40. The van der Waals surface area contributed by atoms with Crippen LogP contribution in [0.15, 0.2) is 23.1 Å². The third-order valence-corrected chi connectivity index (χ3v) is 3.47. The molecule has 0 saturated carbocycles. The first-order valence-corrected chi connectivity index (χ1v) is 6.08. The summed E-state index contributed by atoms with van der Waals surface area (Å²) < 4.78 is 0. The fraction of sp³-hybridized carbons (Fsp3) is 0.400. The van der Waals surface area contributed by atoms with Crippen LogP contribution in [-0.2, 0) is 0 Å². The monoisotopic (exact) mass is 245 g/mol. The van der Waals surface area contributed by atoms with E-state index >= 15 is 0 Å². The number of rotatable bonds is 5. The molecule has 0 bridgehead atoms. The summed E-state index contributed by atoms with van der Waals surface area (Å²) in [5.74, 6) is 0.994. The lowest BCUT2D eigenvalue weighted by Crippen LogP contribution is -1.88. The predicted octanol–water partition coefficient (Wildman–Crippen LogP) is 4.14. The summed E-state index contributed by atoms with van der Waals surface area (Å²) in [5, 5.41) is 10.9. The smallest absolute Gasteiger partial charge is 0.258 e. The molecule has 82 valence electrons. The number of nitrogens with zero attached hydrogens (tertiary/aromatic N) is 1. The second-order valence-electron chi connectivity index (χ2n) is 3.07. The van der Waals surface area contributed by atoms with Crippen molar-refractivity contribution in [2.24, 2.45) is 0 Å². The maximum Gasteiger partial charge on any atom is 0.270 e. The number of nitro groups is 1. The van der Waals surface area contributed by atoms with Gasteiger partial charge in [-0.3, -0.25) is 10.1 Å². The van der Waals surface area contributed by atoms with Crippen LogP contribution in [0.1, 0.15) is 19.8 Å². The minimum Gasteiger partial charge on any atom is -0.258 e. The highest BCUT2D eigenvalue weighted by Crippen LogP contribution is 2.30. The van der Waals surface area contributed by atoms with Crippen molar-refractivity contribution in [2.45, 2.75) is 24.7 Å². The first kappa shape index (κ1) is 12.3. The molecular weight excluding hydrogens is 234 g/mol. The first-order valence-electron chi connectivity index (χ1n) is 4.72. The van der Waals surface area contributed by atoms with Crippen molar-refractivity contribution < 1.29 is 4.92 Å². The van der Waals surface area contributed by atoms with E-state index in [4.69, 9.17) is 11.6 Å². The molecule has 0 amide bonds. The molecule has 0 aromatic heterocycles. The number of benzene rings is 1. The number of hydrogen-bond acceptors (Lipinski definition) is 3. The number of non-ortho nitro benzene ring substituents is 1. The Morgan fingerprint density at radius 1 is 1.53 bits per heavy atom. The van der Waals surface area contributed by atoms with Crippen LogP contribution in [-0.4, -0.2) is 10.7 Å². The van der Waals surface area contributed by atoms with E-state index in [-0.39, 0.29) is 5.69 Å². The fourth-order valence-corrected chi connectivity index (χ4v) is 2.40. The van der Waals surface area contributed by atoms with Crippen LogP contribution in [0.2, 0.25) is 5.02 Å². The second-order valence-corrected chi connectivity index (χ2v) is 4.62. The van der Waals surface area contributed by atoms with Gasteiger partial charge in [0.25, 0.3) is 5.69 Å². The quantitative estimate of drug-likeness (QED) is 0.339. The Morgan fingerprint density at radius 2 is 2.27 bits per heavy atom. The van der Waals surface area contributed by atoms with Gasteiger partial charge in [0, 0.05) is 17.0 Å². The first-order chi connectivity index (χ1) is 7.15. The van der Waals surface area contributed by atoms with E-state index in [1.165, 1.54) is 12.1 Å². The average Bonchev–Trinajstić information content (AvgIpc) is 2.20. The Labute approximate surface area is 98.0 Å². The van der Waals surface area contributed by atoms with Gasteiger partial charge in [-0.2, -0.15) is 0 Å².